The quantitative estimate of drug-likeness (QED) is 0.672. The van der Waals surface area contributed by atoms with Crippen molar-refractivity contribution in [3.05, 3.63) is 65.2 Å². The topological polar surface area (TPSA) is 25.4 Å². The molecule has 0 bridgehead atoms. The van der Waals surface area contributed by atoms with Gasteiger partial charge in [-0.1, -0.05) is 30.3 Å². The minimum atomic E-state index is 0.658. The number of fused-ring (bicyclic) bond motifs is 2. The molecule has 1 aromatic heterocycles. The van der Waals surface area contributed by atoms with E-state index in [4.69, 9.17) is 9.72 Å². The fourth-order valence-corrected chi connectivity index (χ4v) is 3.14. The van der Waals surface area contributed by atoms with Gasteiger partial charge in [0, 0.05) is 23.2 Å². The van der Waals surface area contributed by atoms with Gasteiger partial charge in [0.15, 0.2) is 0 Å². The Hall–Kier alpha value is -2.55. The Balaban J connectivity index is 1.79. The predicted octanol–water partition coefficient (Wildman–Crippen LogP) is 4.25. The van der Waals surface area contributed by atoms with E-state index in [1.165, 1.54) is 22.2 Å². The third kappa shape index (κ3) is 2.52. The van der Waals surface area contributed by atoms with Gasteiger partial charge in [-0.15, -0.1) is 0 Å². The maximum atomic E-state index is 5.95. The van der Waals surface area contributed by atoms with Crippen LogP contribution in [0.3, 0.4) is 0 Å². The Morgan fingerprint density at radius 2 is 1.87 bits per heavy atom. The van der Waals surface area contributed by atoms with Crippen LogP contribution in [0.1, 0.15) is 16.7 Å². The average Bonchev–Trinajstić information content (AvgIpc) is 2.79. The molecule has 1 aliphatic rings. The van der Waals surface area contributed by atoms with E-state index < -0.39 is 0 Å². The predicted molar refractivity (Wildman–Crippen MR) is 94.2 cm³/mol. The Labute approximate surface area is 136 Å². The molecule has 0 aliphatic carbocycles. The average molecular weight is 304 g/mol. The van der Waals surface area contributed by atoms with Crippen LogP contribution in [0.15, 0.2) is 48.5 Å². The molecule has 0 atom stereocenters. The first-order valence-electron chi connectivity index (χ1n) is 8.05. The van der Waals surface area contributed by atoms with Crippen molar-refractivity contribution in [3.8, 4) is 5.88 Å². The van der Waals surface area contributed by atoms with Gasteiger partial charge in [-0.3, -0.25) is 0 Å². The van der Waals surface area contributed by atoms with E-state index in [9.17, 15) is 0 Å². The molecule has 0 saturated carbocycles. The van der Waals surface area contributed by atoms with Crippen molar-refractivity contribution in [1.82, 2.24) is 4.98 Å². The van der Waals surface area contributed by atoms with Gasteiger partial charge in [-0.25, -0.2) is 4.98 Å². The normalized spacial score (nSPS) is 14.3. The first kappa shape index (κ1) is 14.1. The van der Waals surface area contributed by atoms with Gasteiger partial charge in [0.2, 0.25) is 5.88 Å². The molecule has 0 fully saturated rings. The summed E-state index contributed by atoms with van der Waals surface area (Å²) in [4.78, 5) is 7.16. The molecule has 2 aromatic carbocycles. The number of rotatable bonds is 1. The standard InChI is InChI=1S/C20H20N2O/c1-14-8-9-16-12-17-13-22(18-6-4-3-5-7-18)10-11-23-20(17)21-19(16)15(14)2/h3-9,12H,10-11,13H2,1-2H3. The Morgan fingerprint density at radius 3 is 2.70 bits per heavy atom. The molecular weight excluding hydrogens is 284 g/mol. The smallest absolute Gasteiger partial charge is 0.219 e. The maximum Gasteiger partial charge on any atom is 0.219 e. The third-order valence-electron chi connectivity index (χ3n) is 4.63. The van der Waals surface area contributed by atoms with Crippen LogP contribution in [0.2, 0.25) is 0 Å². The minimum absolute atomic E-state index is 0.658. The number of aryl methyl sites for hydroxylation is 2. The van der Waals surface area contributed by atoms with Gasteiger partial charge in [0.05, 0.1) is 12.1 Å². The summed E-state index contributed by atoms with van der Waals surface area (Å²) in [6.45, 7) is 6.61. The molecule has 3 aromatic rings. The second kappa shape index (κ2) is 5.58. The van der Waals surface area contributed by atoms with Crippen LogP contribution >= 0.6 is 0 Å². The summed E-state index contributed by atoms with van der Waals surface area (Å²) in [5.74, 6) is 0.782. The summed E-state index contributed by atoms with van der Waals surface area (Å²) < 4.78 is 5.95. The fourth-order valence-electron chi connectivity index (χ4n) is 3.14. The summed E-state index contributed by atoms with van der Waals surface area (Å²) in [7, 11) is 0. The summed E-state index contributed by atoms with van der Waals surface area (Å²) in [5, 5.41) is 1.19. The van der Waals surface area contributed by atoms with Gasteiger partial charge in [-0.2, -0.15) is 0 Å². The largest absolute Gasteiger partial charge is 0.476 e. The number of ether oxygens (including phenoxy) is 1. The van der Waals surface area contributed by atoms with Gasteiger partial charge >= 0.3 is 0 Å². The van der Waals surface area contributed by atoms with Crippen molar-refractivity contribution in [1.29, 1.82) is 0 Å². The highest BCUT2D eigenvalue weighted by Crippen LogP contribution is 2.30. The molecule has 0 radical (unpaired) electrons. The summed E-state index contributed by atoms with van der Waals surface area (Å²) in [6, 6.07) is 17.0. The van der Waals surface area contributed by atoms with Crippen molar-refractivity contribution < 1.29 is 4.74 Å². The molecule has 0 amide bonds. The summed E-state index contributed by atoms with van der Waals surface area (Å²) in [6.07, 6.45) is 0. The highest BCUT2D eigenvalue weighted by molar-refractivity contribution is 5.84. The second-order valence-corrected chi connectivity index (χ2v) is 6.14. The first-order chi connectivity index (χ1) is 11.2. The van der Waals surface area contributed by atoms with E-state index in [1.807, 2.05) is 6.07 Å². The summed E-state index contributed by atoms with van der Waals surface area (Å²) in [5.41, 5.74) is 5.94. The monoisotopic (exact) mass is 304 g/mol. The Kier molecular flexibility index (Phi) is 3.41. The minimum Gasteiger partial charge on any atom is -0.476 e. The molecule has 116 valence electrons. The molecule has 4 rings (SSSR count). The van der Waals surface area contributed by atoms with Crippen molar-refractivity contribution in [2.45, 2.75) is 20.4 Å². The zero-order valence-corrected chi connectivity index (χ0v) is 13.5. The van der Waals surface area contributed by atoms with E-state index in [0.29, 0.717) is 6.61 Å². The van der Waals surface area contributed by atoms with Crippen LogP contribution in [0, 0.1) is 13.8 Å². The lowest BCUT2D eigenvalue weighted by molar-refractivity contribution is 0.320. The van der Waals surface area contributed by atoms with Crippen LogP contribution in [0.5, 0.6) is 5.88 Å². The number of nitrogens with zero attached hydrogens (tertiary/aromatic N) is 2. The SMILES string of the molecule is Cc1ccc2cc3c(nc2c1C)OCCN(c1ccccc1)C3. The number of aromatic nitrogens is 1. The van der Waals surface area contributed by atoms with E-state index in [2.05, 4.69) is 61.2 Å². The van der Waals surface area contributed by atoms with Crippen LogP contribution < -0.4 is 9.64 Å². The Bertz CT molecular complexity index is 858. The van der Waals surface area contributed by atoms with Crippen molar-refractivity contribution >= 4 is 16.6 Å². The van der Waals surface area contributed by atoms with Crippen LogP contribution in [-0.2, 0) is 6.54 Å². The molecule has 3 nitrogen and oxygen atoms in total. The zero-order chi connectivity index (χ0) is 15.8. The maximum absolute atomic E-state index is 5.95. The van der Waals surface area contributed by atoms with E-state index in [1.54, 1.807) is 0 Å². The second-order valence-electron chi connectivity index (χ2n) is 6.14. The van der Waals surface area contributed by atoms with Gasteiger partial charge in [0.25, 0.3) is 0 Å². The van der Waals surface area contributed by atoms with Gasteiger partial charge in [0.1, 0.15) is 6.61 Å². The van der Waals surface area contributed by atoms with Crippen LogP contribution in [0.25, 0.3) is 10.9 Å². The zero-order valence-electron chi connectivity index (χ0n) is 13.5. The number of hydrogen-bond acceptors (Lipinski definition) is 3. The Morgan fingerprint density at radius 1 is 1.04 bits per heavy atom. The van der Waals surface area contributed by atoms with Crippen molar-refractivity contribution in [3.63, 3.8) is 0 Å². The molecule has 2 heterocycles. The van der Waals surface area contributed by atoms with Gasteiger partial charge < -0.3 is 9.64 Å². The lowest BCUT2D eigenvalue weighted by Crippen LogP contribution is -2.25. The summed E-state index contributed by atoms with van der Waals surface area (Å²) >= 11 is 0. The molecule has 3 heteroatoms. The van der Waals surface area contributed by atoms with E-state index in [0.717, 1.165) is 30.0 Å². The molecule has 1 aliphatic heterocycles. The molecule has 0 N–H and O–H groups in total. The third-order valence-corrected chi connectivity index (χ3v) is 4.63. The molecule has 0 unspecified atom stereocenters. The lowest BCUT2D eigenvalue weighted by Gasteiger charge is -2.21. The van der Waals surface area contributed by atoms with E-state index >= 15 is 0 Å². The highest BCUT2D eigenvalue weighted by Gasteiger charge is 2.18. The molecule has 23 heavy (non-hydrogen) atoms. The molecule has 0 spiro atoms. The van der Waals surface area contributed by atoms with Gasteiger partial charge in [-0.05, 0) is 43.2 Å². The van der Waals surface area contributed by atoms with E-state index in [-0.39, 0.29) is 0 Å². The number of anilines is 1. The molecular formula is C20H20N2O. The number of pyridine rings is 1. The molecule has 0 saturated heterocycles. The van der Waals surface area contributed by atoms with Crippen molar-refractivity contribution in [2.75, 3.05) is 18.1 Å². The first-order valence-corrected chi connectivity index (χ1v) is 8.05. The van der Waals surface area contributed by atoms with Crippen molar-refractivity contribution in [2.24, 2.45) is 0 Å². The highest BCUT2D eigenvalue weighted by atomic mass is 16.5. The number of para-hydroxylation sites is 1. The fraction of sp³-hybridized carbons (Fsp3) is 0.250. The lowest BCUT2D eigenvalue weighted by atomic mass is 10.0. The number of benzene rings is 2. The number of hydrogen-bond donors (Lipinski definition) is 0. The van der Waals surface area contributed by atoms with Crippen LogP contribution in [0.4, 0.5) is 5.69 Å². The van der Waals surface area contributed by atoms with Crippen LogP contribution in [-0.4, -0.2) is 18.1 Å².